The van der Waals surface area contributed by atoms with E-state index in [-0.39, 0.29) is 0 Å². The second kappa shape index (κ2) is 5.85. The first-order valence-corrected chi connectivity index (χ1v) is 9.68. The van der Waals surface area contributed by atoms with Crippen molar-refractivity contribution in [3.05, 3.63) is 45.7 Å². The van der Waals surface area contributed by atoms with Crippen molar-refractivity contribution in [2.45, 2.75) is 70.0 Å². The van der Waals surface area contributed by atoms with Crippen LogP contribution in [0.25, 0.3) is 0 Å². The summed E-state index contributed by atoms with van der Waals surface area (Å²) in [5, 5.41) is 11.0. The zero-order chi connectivity index (χ0) is 16.9. The molecule has 2 aliphatic rings. The number of aliphatic hydroxyl groups is 1. The molecule has 2 aliphatic carbocycles. The summed E-state index contributed by atoms with van der Waals surface area (Å²) in [6.07, 6.45) is 7.31. The van der Waals surface area contributed by atoms with Gasteiger partial charge in [0.1, 0.15) is 5.76 Å². The smallest absolute Gasteiger partial charge is 0.181 e. The number of aryl methyl sites for hydroxylation is 3. The Labute approximate surface area is 148 Å². The molecule has 1 aromatic heterocycles. The van der Waals surface area contributed by atoms with Crippen LogP contribution in [0.3, 0.4) is 0 Å². The van der Waals surface area contributed by atoms with Crippen molar-refractivity contribution in [3.63, 3.8) is 0 Å². The maximum absolute atomic E-state index is 10.2. The van der Waals surface area contributed by atoms with Gasteiger partial charge in [-0.25, -0.2) is 0 Å². The highest BCUT2D eigenvalue weighted by molar-refractivity contribution is 8.00. The van der Waals surface area contributed by atoms with Gasteiger partial charge in [0, 0.05) is 17.5 Å². The number of hydrogen-bond donors (Lipinski definition) is 2. The summed E-state index contributed by atoms with van der Waals surface area (Å²) in [4.78, 5) is 0. The maximum Gasteiger partial charge on any atom is 0.181 e. The summed E-state index contributed by atoms with van der Waals surface area (Å²) in [5.74, 6) is 0.787. The molecule has 1 aromatic carbocycles. The molecule has 128 valence electrons. The van der Waals surface area contributed by atoms with Gasteiger partial charge in [0.15, 0.2) is 5.09 Å². The topological polar surface area (TPSA) is 45.4 Å². The van der Waals surface area contributed by atoms with Crippen molar-refractivity contribution >= 4 is 17.6 Å². The quantitative estimate of drug-likeness (QED) is 0.774. The normalized spacial score (nSPS) is 16.3. The fourth-order valence-electron chi connectivity index (χ4n) is 4.15. The lowest BCUT2D eigenvalue weighted by molar-refractivity contribution is 0.0770. The van der Waals surface area contributed by atoms with Crippen LogP contribution < -0.4 is 4.72 Å². The maximum atomic E-state index is 10.2. The fraction of sp³-hybridized carbons (Fsp3) is 0.500. The zero-order valence-electron chi connectivity index (χ0n) is 14.7. The third-order valence-electron chi connectivity index (χ3n) is 5.28. The van der Waals surface area contributed by atoms with E-state index < -0.39 is 5.60 Å². The summed E-state index contributed by atoms with van der Waals surface area (Å²) in [6.45, 7) is 5.50. The van der Waals surface area contributed by atoms with Crippen LogP contribution in [-0.2, 0) is 31.3 Å². The molecule has 0 amide bonds. The van der Waals surface area contributed by atoms with Gasteiger partial charge in [0.2, 0.25) is 0 Å². The third kappa shape index (κ3) is 2.76. The number of nitrogens with one attached hydrogen (secondary N) is 1. The molecule has 1 heterocycles. The molecule has 0 atom stereocenters. The largest absolute Gasteiger partial charge is 0.453 e. The van der Waals surface area contributed by atoms with Gasteiger partial charge in [-0.3, -0.25) is 0 Å². The van der Waals surface area contributed by atoms with E-state index in [1.807, 2.05) is 13.0 Å². The van der Waals surface area contributed by atoms with Gasteiger partial charge in [-0.05, 0) is 87.6 Å². The van der Waals surface area contributed by atoms with Crippen LogP contribution in [-0.4, -0.2) is 5.11 Å². The van der Waals surface area contributed by atoms with E-state index in [1.54, 1.807) is 13.8 Å². The van der Waals surface area contributed by atoms with Crippen LogP contribution >= 0.6 is 11.9 Å². The van der Waals surface area contributed by atoms with E-state index >= 15 is 0 Å². The van der Waals surface area contributed by atoms with Crippen LogP contribution in [0.15, 0.2) is 21.6 Å². The highest BCUT2D eigenvalue weighted by Crippen LogP contribution is 2.41. The summed E-state index contributed by atoms with van der Waals surface area (Å²) < 4.78 is 9.44. The van der Waals surface area contributed by atoms with Gasteiger partial charge < -0.3 is 14.2 Å². The number of benzene rings is 1. The van der Waals surface area contributed by atoms with E-state index in [2.05, 4.69) is 10.8 Å². The summed E-state index contributed by atoms with van der Waals surface area (Å²) in [7, 11) is 0. The predicted octanol–water partition coefficient (Wildman–Crippen LogP) is 4.91. The van der Waals surface area contributed by atoms with Gasteiger partial charge in [-0.1, -0.05) is 6.07 Å². The average Bonchev–Trinajstić information content (AvgIpc) is 3.21. The number of anilines is 1. The number of fused-ring (bicyclic) bond motifs is 2. The molecule has 2 N–H and O–H groups in total. The second-order valence-corrected chi connectivity index (χ2v) is 8.34. The first kappa shape index (κ1) is 16.1. The lowest BCUT2D eigenvalue weighted by Crippen LogP contribution is -2.15. The average molecular weight is 343 g/mol. The lowest BCUT2D eigenvalue weighted by atomic mass is 9.99. The standard InChI is InChI=1S/C20H25NO2S/c1-12-17(20(2,3)22)11-18(23-12)24-21-19-15-8-4-6-13(15)10-14-7-5-9-16(14)19/h10-11,21-22H,4-9H2,1-3H3. The van der Waals surface area contributed by atoms with E-state index in [0.717, 1.165) is 16.4 Å². The molecule has 0 bridgehead atoms. The zero-order valence-corrected chi connectivity index (χ0v) is 15.5. The minimum atomic E-state index is -0.873. The minimum Gasteiger partial charge on any atom is -0.453 e. The number of hydrogen-bond acceptors (Lipinski definition) is 4. The van der Waals surface area contributed by atoms with Gasteiger partial charge in [-0.15, -0.1) is 0 Å². The van der Waals surface area contributed by atoms with Crippen molar-refractivity contribution < 1.29 is 9.52 Å². The summed E-state index contributed by atoms with van der Waals surface area (Å²) in [5.41, 5.74) is 7.40. The van der Waals surface area contributed by atoms with Crippen molar-refractivity contribution in [3.8, 4) is 0 Å². The lowest BCUT2D eigenvalue weighted by Gasteiger charge is -2.16. The molecule has 0 spiro atoms. The number of furan rings is 1. The Morgan fingerprint density at radius 1 is 1.04 bits per heavy atom. The van der Waals surface area contributed by atoms with Gasteiger partial charge in [-0.2, -0.15) is 0 Å². The summed E-state index contributed by atoms with van der Waals surface area (Å²) >= 11 is 1.53. The van der Waals surface area contributed by atoms with E-state index in [1.165, 1.54) is 78.4 Å². The van der Waals surface area contributed by atoms with E-state index in [0.29, 0.717) is 0 Å². The monoisotopic (exact) mass is 343 g/mol. The van der Waals surface area contributed by atoms with Crippen molar-refractivity contribution in [2.24, 2.45) is 0 Å². The molecule has 4 rings (SSSR count). The van der Waals surface area contributed by atoms with Gasteiger partial charge in [0.05, 0.1) is 11.3 Å². The Morgan fingerprint density at radius 2 is 1.67 bits per heavy atom. The molecule has 0 unspecified atom stereocenters. The first-order chi connectivity index (χ1) is 11.4. The third-order valence-corrected chi connectivity index (χ3v) is 5.99. The first-order valence-electron chi connectivity index (χ1n) is 8.86. The van der Waals surface area contributed by atoms with Crippen LogP contribution in [0.2, 0.25) is 0 Å². The Balaban J connectivity index is 1.61. The highest BCUT2D eigenvalue weighted by atomic mass is 32.2. The fourth-order valence-corrected chi connectivity index (χ4v) is 4.95. The molecule has 0 fully saturated rings. The Bertz CT molecular complexity index is 754. The molecule has 0 saturated carbocycles. The molecule has 4 heteroatoms. The molecule has 2 aromatic rings. The van der Waals surface area contributed by atoms with Crippen molar-refractivity contribution in [2.75, 3.05) is 4.72 Å². The molecule has 0 aliphatic heterocycles. The van der Waals surface area contributed by atoms with E-state index in [4.69, 9.17) is 4.42 Å². The predicted molar refractivity (Wildman–Crippen MR) is 98.7 cm³/mol. The Kier molecular flexibility index (Phi) is 3.92. The molecular weight excluding hydrogens is 318 g/mol. The number of rotatable bonds is 4. The Morgan fingerprint density at radius 3 is 2.21 bits per heavy atom. The van der Waals surface area contributed by atoms with Crippen LogP contribution in [0.1, 0.15) is 60.3 Å². The molecule has 0 saturated heterocycles. The van der Waals surface area contributed by atoms with Crippen molar-refractivity contribution in [1.29, 1.82) is 0 Å². The molecular formula is C20H25NO2S. The van der Waals surface area contributed by atoms with Crippen LogP contribution in [0, 0.1) is 6.92 Å². The minimum absolute atomic E-state index is 0.787. The highest BCUT2D eigenvalue weighted by Gasteiger charge is 2.25. The van der Waals surface area contributed by atoms with Crippen LogP contribution in [0.5, 0.6) is 0 Å². The van der Waals surface area contributed by atoms with Gasteiger partial charge >= 0.3 is 0 Å². The second-order valence-electron chi connectivity index (χ2n) is 7.53. The van der Waals surface area contributed by atoms with Crippen LogP contribution in [0.4, 0.5) is 5.69 Å². The van der Waals surface area contributed by atoms with E-state index in [9.17, 15) is 5.11 Å². The SMILES string of the molecule is Cc1oc(SNc2c3c(cc4c2CCC4)CCC3)cc1C(C)(C)O. The van der Waals surface area contributed by atoms with Crippen molar-refractivity contribution in [1.82, 2.24) is 0 Å². The Hall–Kier alpha value is -1.39. The molecule has 0 radical (unpaired) electrons. The molecule has 24 heavy (non-hydrogen) atoms. The van der Waals surface area contributed by atoms with Gasteiger partial charge in [0.25, 0.3) is 0 Å². The summed E-state index contributed by atoms with van der Waals surface area (Å²) in [6, 6.07) is 4.40. The molecule has 3 nitrogen and oxygen atoms in total.